The largest absolute Gasteiger partial charge is 0.422 e. The lowest BCUT2D eigenvalue weighted by molar-refractivity contribution is -0.143. The quantitative estimate of drug-likeness (QED) is 0.310. The van der Waals surface area contributed by atoms with Crippen molar-refractivity contribution in [1.82, 2.24) is 0 Å². The van der Waals surface area contributed by atoms with Crippen LogP contribution < -0.4 is 10.6 Å². The fourth-order valence-electron chi connectivity index (χ4n) is 2.43. The molecule has 0 aliphatic heterocycles. The predicted octanol–water partition coefficient (Wildman–Crippen LogP) is 5.73. The van der Waals surface area contributed by atoms with Crippen LogP contribution in [0.2, 0.25) is 0 Å². The fraction of sp³-hybridized carbons (Fsp3) is 0.263. The number of anilines is 2. The van der Waals surface area contributed by atoms with Gasteiger partial charge in [0.2, 0.25) is 11.8 Å². The Balaban J connectivity index is 2.11. The number of rotatable bonds is 7. The topological polar surface area (TPSA) is 58.2 Å². The number of halogens is 7. The molecule has 0 spiro atoms. The Bertz CT molecular complexity index is 967. The highest BCUT2D eigenvalue weighted by atomic mass is 32.2. The standard InChI is InChI=1S/C19H15F7N2O2S/c1-2-4-11(29)27-9-5-3-6-10(7-9)31-8-12(30)28-18-16(22)14(20)13(19(24,25)26)15(21)17(18)23/h3,5-7H,2,4,8H2,1H3,(H,27,29)(H,28,30). The lowest BCUT2D eigenvalue weighted by Gasteiger charge is -2.14. The average Bonchev–Trinajstić information content (AvgIpc) is 2.67. The van der Waals surface area contributed by atoms with E-state index >= 15 is 0 Å². The van der Waals surface area contributed by atoms with Gasteiger partial charge in [-0.15, -0.1) is 11.8 Å². The van der Waals surface area contributed by atoms with Crippen molar-refractivity contribution in [1.29, 1.82) is 0 Å². The summed E-state index contributed by atoms with van der Waals surface area (Å²) in [4.78, 5) is 24.0. The zero-order valence-electron chi connectivity index (χ0n) is 15.8. The molecule has 0 aliphatic carbocycles. The van der Waals surface area contributed by atoms with Gasteiger partial charge in [0.1, 0.15) is 11.3 Å². The Morgan fingerprint density at radius 3 is 2.10 bits per heavy atom. The number of benzene rings is 2. The molecule has 2 N–H and O–H groups in total. The van der Waals surface area contributed by atoms with Gasteiger partial charge >= 0.3 is 6.18 Å². The summed E-state index contributed by atoms with van der Waals surface area (Å²) >= 11 is 0.854. The van der Waals surface area contributed by atoms with Gasteiger partial charge in [-0.05, 0) is 24.6 Å². The summed E-state index contributed by atoms with van der Waals surface area (Å²) in [5, 5.41) is 4.17. The third kappa shape index (κ3) is 6.12. The van der Waals surface area contributed by atoms with Gasteiger partial charge in [-0.1, -0.05) is 13.0 Å². The molecule has 4 nitrogen and oxygen atoms in total. The number of nitrogens with one attached hydrogen (secondary N) is 2. The number of carbonyl (C=O) groups excluding carboxylic acids is 2. The lowest BCUT2D eigenvalue weighted by Crippen LogP contribution is -2.21. The first kappa shape index (κ1) is 24.5. The van der Waals surface area contributed by atoms with E-state index in [4.69, 9.17) is 0 Å². The van der Waals surface area contributed by atoms with Gasteiger partial charge in [0.25, 0.3) is 0 Å². The molecule has 2 aromatic carbocycles. The van der Waals surface area contributed by atoms with Gasteiger partial charge in [-0.3, -0.25) is 9.59 Å². The summed E-state index contributed by atoms with van der Waals surface area (Å²) < 4.78 is 92.7. The molecule has 0 aliphatic rings. The van der Waals surface area contributed by atoms with Gasteiger partial charge < -0.3 is 10.6 Å². The van der Waals surface area contributed by atoms with Crippen molar-refractivity contribution in [3.05, 3.63) is 53.1 Å². The summed E-state index contributed by atoms with van der Waals surface area (Å²) in [7, 11) is 0. The van der Waals surface area contributed by atoms with E-state index in [0.717, 1.165) is 11.8 Å². The summed E-state index contributed by atoms with van der Waals surface area (Å²) in [6.07, 6.45) is -4.73. The minimum Gasteiger partial charge on any atom is -0.326 e. The molecule has 0 heterocycles. The molecule has 0 radical (unpaired) electrons. The van der Waals surface area contributed by atoms with E-state index < -0.39 is 52.4 Å². The first-order valence-corrected chi connectivity index (χ1v) is 9.70. The van der Waals surface area contributed by atoms with Gasteiger partial charge in [0.15, 0.2) is 23.3 Å². The monoisotopic (exact) mass is 468 g/mol. The summed E-state index contributed by atoms with van der Waals surface area (Å²) in [6.45, 7) is 1.82. The lowest BCUT2D eigenvalue weighted by atomic mass is 10.1. The van der Waals surface area contributed by atoms with Crippen molar-refractivity contribution in [2.45, 2.75) is 30.8 Å². The Labute approximate surface area is 176 Å². The van der Waals surface area contributed by atoms with Crippen LogP contribution in [0.4, 0.5) is 42.1 Å². The Hall–Kier alpha value is -2.76. The van der Waals surface area contributed by atoms with Crippen LogP contribution in [0.25, 0.3) is 0 Å². The van der Waals surface area contributed by atoms with E-state index in [-0.39, 0.29) is 5.91 Å². The summed E-state index contributed by atoms with van der Waals surface area (Å²) in [6, 6.07) is 6.24. The van der Waals surface area contributed by atoms with Crippen LogP contribution in [-0.4, -0.2) is 17.6 Å². The third-order valence-corrected chi connectivity index (χ3v) is 4.77. The Morgan fingerprint density at radius 2 is 1.55 bits per heavy atom. The van der Waals surface area contributed by atoms with E-state index in [1.165, 1.54) is 6.07 Å². The minimum atomic E-state index is -5.67. The molecule has 2 aromatic rings. The second kappa shape index (κ2) is 10.0. The van der Waals surface area contributed by atoms with E-state index in [9.17, 15) is 40.3 Å². The van der Waals surface area contributed by atoms with Crippen molar-refractivity contribution in [3.8, 4) is 0 Å². The van der Waals surface area contributed by atoms with Crippen LogP contribution in [0.1, 0.15) is 25.3 Å². The molecule has 168 valence electrons. The molecule has 0 bridgehead atoms. The van der Waals surface area contributed by atoms with Crippen LogP contribution >= 0.6 is 11.8 Å². The average molecular weight is 468 g/mol. The maximum Gasteiger partial charge on any atom is 0.422 e. The normalized spacial score (nSPS) is 11.4. The zero-order chi connectivity index (χ0) is 23.3. The number of hydrogen-bond donors (Lipinski definition) is 2. The van der Waals surface area contributed by atoms with Crippen molar-refractivity contribution in [2.75, 3.05) is 16.4 Å². The number of thioether (sulfide) groups is 1. The van der Waals surface area contributed by atoms with Gasteiger partial charge in [0.05, 0.1) is 5.75 Å². The zero-order valence-corrected chi connectivity index (χ0v) is 16.6. The molecule has 31 heavy (non-hydrogen) atoms. The van der Waals surface area contributed by atoms with E-state index in [2.05, 4.69) is 5.32 Å². The molecule has 2 rings (SSSR count). The maximum atomic E-state index is 13.9. The highest BCUT2D eigenvalue weighted by Gasteiger charge is 2.42. The number of carbonyl (C=O) groups is 2. The highest BCUT2D eigenvalue weighted by molar-refractivity contribution is 8.00. The number of alkyl halides is 3. The molecule has 0 unspecified atom stereocenters. The molecule has 0 atom stereocenters. The van der Waals surface area contributed by atoms with E-state index in [1.54, 1.807) is 23.5 Å². The second-order valence-corrected chi connectivity index (χ2v) is 7.22. The Morgan fingerprint density at radius 1 is 0.935 bits per heavy atom. The third-order valence-electron chi connectivity index (χ3n) is 3.78. The van der Waals surface area contributed by atoms with Crippen LogP contribution in [0.15, 0.2) is 29.2 Å². The van der Waals surface area contributed by atoms with Gasteiger partial charge in [-0.2, -0.15) is 13.2 Å². The molecule has 0 saturated heterocycles. The van der Waals surface area contributed by atoms with Gasteiger partial charge in [0, 0.05) is 17.0 Å². The SMILES string of the molecule is CCCC(=O)Nc1cccc(SCC(=O)Nc2c(F)c(F)c(C(F)(F)F)c(F)c2F)c1. The van der Waals surface area contributed by atoms with Crippen molar-refractivity contribution < 1.29 is 40.3 Å². The summed E-state index contributed by atoms with van der Waals surface area (Å²) in [5.41, 5.74) is -3.95. The van der Waals surface area contributed by atoms with E-state index in [1.807, 2.05) is 6.92 Å². The highest BCUT2D eigenvalue weighted by Crippen LogP contribution is 2.38. The minimum absolute atomic E-state index is 0.222. The molecular weight excluding hydrogens is 453 g/mol. The van der Waals surface area contributed by atoms with Crippen molar-refractivity contribution >= 4 is 35.0 Å². The van der Waals surface area contributed by atoms with Crippen molar-refractivity contribution in [3.63, 3.8) is 0 Å². The first-order valence-electron chi connectivity index (χ1n) is 8.71. The van der Waals surface area contributed by atoms with Crippen LogP contribution in [0.3, 0.4) is 0 Å². The Kier molecular flexibility index (Phi) is 7.93. The fourth-order valence-corrected chi connectivity index (χ4v) is 3.18. The van der Waals surface area contributed by atoms with Crippen LogP contribution in [-0.2, 0) is 15.8 Å². The van der Waals surface area contributed by atoms with E-state index in [0.29, 0.717) is 23.4 Å². The molecule has 12 heteroatoms. The van der Waals surface area contributed by atoms with Crippen LogP contribution in [0.5, 0.6) is 0 Å². The molecule has 2 amide bonds. The molecule has 0 aromatic heterocycles. The van der Waals surface area contributed by atoms with Crippen LogP contribution in [0, 0.1) is 23.3 Å². The molecule has 0 fully saturated rings. The molecule has 0 saturated carbocycles. The van der Waals surface area contributed by atoms with Crippen molar-refractivity contribution in [2.24, 2.45) is 0 Å². The predicted molar refractivity (Wildman–Crippen MR) is 101 cm³/mol. The van der Waals surface area contributed by atoms with Gasteiger partial charge in [-0.25, -0.2) is 17.6 Å². The summed E-state index contributed by atoms with van der Waals surface area (Å²) in [5.74, 6) is -11.9. The molecular formula is C19H15F7N2O2S. The number of hydrogen-bond acceptors (Lipinski definition) is 3. The number of amides is 2. The maximum absolute atomic E-state index is 13.9. The first-order chi connectivity index (χ1) is 14.5. The smallest absolute Gasteiger partial charge is 0.326 e. The second-order valence-electron chi connectivity index (χ2n) is 6.17.